The van der Waals surface area contributed by atoms with Gasteiger partial charge in [0.05, 0.1) is 6.61 Å². The molecular formula is C17H18ClNO. The Morgan fingerprint density at radius 3 is 2.95 bits per heavy atom. The molecule has 0 amide bonds. The minimum atomic E-state index is 0.772. The molecule has 20 heavy (non-hydrogen) atoms. The molecule has 0 atom stereocenters. The normalized spacial score (nSPS) is 13.7. The second-order valence-electron chi connectivity index (χ2n) is 5.11. The first-order valence-electron chi connectivity index (χ1n) is 6.97. The van der Waals surface area contributed by atoms with Gasteiger partial charge in [0.2, 0.25) is 0 Å². The van der Waals surface area contributed by atoms with Crippen LogP contribution in [0.1, 0.15) is 17.5 Å². The first-order valence-corrected chi connectivity index (χ1v) is 7.35. The predicted molar refractivity (Wildman–Crippen MR) is 83.5 cm³/mol. The molecule has 0 saturated heterocycles. The Kier molecular flexibility index (Phi) is 3.95. The standard InChI is InChI=1S/C17H18ClNO/c1-19-11-14-4-6-15(18)10-16(14)12-5-7-17-13(9-12)3-2-8-20-17/h4-7,9-10,19H,2-3,8,11H2,1H3. The first-order chi connectivity index (χ1) is 9.78. The van der Waals surface area contributed by atoms with Gasteiger partial charge in [0, 0.05) is 11.6 Å². The zero-order chi connectivity index (χ0) is 13.9. The minimum absolute atomic E-state index is 0.772. The van der Waals surface area contributed by atoms with Crippen molar-refractivity contribution in [3.63, 3.8) is 0 Å². The van der Waals surface area contributed by atoms with Crippen molar-refractivity contribution in [1.29, 1.82) is 0 Å². The van der Waals surface area contributed by atoms with Crippen molar-refractivity contribution in [2.45, 2.75) is 19.4 Å². The quantitative estimate of drug-likeness (QED) is 0.919. The van der Waals surface area contributed by atoms with Crippen LogP contribution in [0, 0.1) is 0 Å². The van der Waals surface area contributed by atoms with Crippen LogP contribution in [0.3, 0.4) is 0 Å². The number of fused-ring (bicyclic) bond motifs is 1. The SMILES string of the molecule is CNCc1ccc(Cl)cc1-c1ccc2c(c1)CCCO2. The molecule has 1 aliphatic rings. The highest BCUT2D eigenvalue weighted by atomic mass is 35.5. The third kappa shape index (κ3) is 2.67. The van der Waals surface area contributed by atoms with E-state index in [0.29, 0.717) is 0 Å². The molecule has 3 heteroatoms. The van der Waals surface area contributed by atoms with Crippen LogP contribution >= 0.6 is 11.6 Å². The predicted octanol–water partition coefficient (Wildman–Crippen LogP) is 4.05. The van der Waals surface area contributed by atoms with Crippen molar-refractivity contribution >= 4 is 11.6 Å². The van der Waals surface area contributed by atoms with E-state index in [1.165, 1.54) is 22.3 Å². The van der Waals surface area contributed by atoms with Gasteiger partial charge >= 0.3 is 0 Å². The van der Waals surface area contributed by atoms with E-state index in [1.807, 2.05) is 19.2 Å². The fourth-order valence-corrected chi connectivity index (χ4v) is 2.86. The molecule has 0 unspecified atom stereocenters. The Morgan fingerprint density at radius 1 is 1.20 bits per heavy atom. The van der Waals surface area contributed by atoms with Gasteiger partial charge in [-0.05, 0) is 66.4 Å². The maximum Gasteiger partial charge on any atom is 0.122 e. The molecule has 0 radical (unpaired) electrons. The number of hydrogen-bond acceptors (Lipinski definition) is 2. The molecule has 0 saturated carbocycles. The van der Waals surface area contributed by atoms with Crippen LogP contribution in [-0.2, 0) is 13.0 Å². The maximum absolute atomic E-state index is 6.17. The van der Waals surface area contributed by atoms with E-state index < -0.39 is 0 Å². The number of ether oxygens (including phenoxy) is 1. The van der Waals surface area contributed by atoms with Gasteiger partial charge in [-0.25, -0.2) is 0 Å². The lowest BCUT2D eigenvalue weighted by Gasteiger charge is -2.19. The molecule has 2 nitrogen and oxygen atoms in total. The number of rotatable bonds is 3. The van der Waals surface area contributed by atoms with Crippen LogP contribution in [0.25, 0.3) is 11.1 Å². The highest BCUT2D eigenvalue weighted by Gasteiger charge is 2.13. The van der Waals surface area contributed by atoms with E-state index in [4.69, 9.17) is 16.3 Å². The molecule has 3 rings (SSSR count). The van der Waals surface area contributed by atoms with Gasteiger partial charge in [-0.3, -0.25) is 0 Å². The van der Waals surface area contributed by atoms with Crippen LogP contribution in [0.4, 0.5) is 0 Å². The Labute approximate surface area is 124 Å². The highest BCUT2D eigenvalue weighted by molar-refractivity contribution is 6.30. The van der Waals surface area contributed by atoms with Crippen molar-refractivity contribution in [3.05, 3.63) is 52.5 Å². The Bertz CT molecular complexity index is 624. The highest BCUT2D eigenvalue weighted by Crippen LogP contribution is 2.33. The third-order valence-corrected chi connectivity index (χ3v) is 3.89. The summed E-state index contributed by atoms with van der Waals surface area (Å²) in [5.41, 5.74) is 4.96. The van der Waals surface area contributed by atoms with E-state index >= 15 is 0 Å². The molecule has 0 aliphatic carbocycles. The van der Waals surface area contributed by atoms with Crippen molar-refractivity contribution in [2.75, 3.05) is 13.7 Å². The average molecular weight is 288 g/mol. The van der Waals surface area contributed by atoms with Crippen molar-refractivity contribution in [3.8, 4) is 16.9 Å². The van der Waals surface area contributed by atoms with Crippen LogP contribution in [-0.4, -0.2) is 13.7 Å². The summed E-state index contributed by atoms with van der Waals surface area (Å²) in [5, 5.41) is 3.98. The van der Waals surface area contributed by atoms with E-state index in [0.717, 1.165) is 36.8 Å². The summed E-state index contributed by atoms with van der Waals surface area (Å²) in [7, 11) is 1.96. The van der Waals surface area contributed by atoms with Gasteiger partial charge in [-0.15, -0.1) is 0 Å². The molecule has 1 heterocycles. The van der Waals surface area contributed by atoms with Crippen molar-refractivity contribution < 1.29 is 4.74 Å². The Morgan fingerprint density at radius 2 is 2.10 bits per heavy atom. The Balaban J connectivity index is 2.05. The smallest absolute Gasteiger partial charge is 0.122 e. The van der Waals surface area contributed by atoms with Crippen LogP contribution in [0.2, 0.25) is 5.02 Å². The van der Waals surface area contributed by atoms with Gasteiger partial charge in [0.25, 0.3) is 0 Å². The zero-order valence-electron chi connectivity index (χ0n) is 11.6. The molecule has 0 fully saturated rings. The fourth-order valence-electron chi connectivity index (χ4n) is 2.69. The molecule has 2 aromatic rings. The van der Waals surface area contributed by atoms with E-state index in [-0.39, 0.29) is 0 Å². The molecular weight excluding hydrogens is 270 g/mol. The van der Waals surface area contributed by atoms with E-state index in [9.17, 15) is 0 Å². The summed E-state index contributed by atoms with van der Waals surface area (Å²) in [6.45, 7) is 1.66. The fraction of sp³-hybridized carbons (Fsp3) is 0.294. The summed E-state index contributed by atoms with van der Waals surface area (Å²) >= 11 is 6.17. The van der Waals surface area contributed by atoms with Crippen molar-refractivity contribution in [1.82, 2.24) is 5.32 Å². The lowest BCUT2D eigenvalue weighted by molar-refractivity contribution is 0.288. The number of halogens is 1. The molecule has 0 spiro atoms. The zero-order valence-corrected chi connectivity index (χ0v) is 12.3. The lowest BCUT2D eigenvalue weighted by Crippen LogP contribution is -2.09. The first kappa shape index (κ1) is 13.5. The third-order valence-electron chi connectivity index (χ3n) is 3.66. The molecule has 104 valence electrons. The van der Waals surface area contributed by atoms with Gasteiger partial charge in [0.15, 0.2) is 0 Å². The second-order valence-corrected chi connectivity index (χ2v) is 5.54. The molecule has 0 aromatic heterocycles. The summed E-state index contributed by atoms with van der Waals surface area (Å²) in [5.74, 6) is 1.03. The summed E-state index contributed by atoms with van der Waals surface area (Å²) < 4.78 is 5.68. The molecule has 1 N–H and O–H groups in total. The van der Waals surface area contributed by atoms with Gasteiger partial charge in [-0.2, -0.15) is 0 Å². The minimum Gasteiger partial charge on any atom is -0.493 e. The Hall–Kier alpha value is -1.51. The monoisotopic (exact) mass is 287 g/mol. The summed E-state index contributed by atoms with van der Waals surface area (Å²) in [6.07, 6.45) is 2.18. The number of hydrogen-bond donors (Lipinski definition) is 1. The second kappa shape index (κ2) is 5.86. The summed E-state index contributed by atoms with van der Waals surface area (Å²) in [6, 6.07) is 12.5. The van der Waals surface area contributed by atoms with E-state index in [2.05, 4.69) is 29.6 Å². The molecule has 1 aliphatic heterocycles. The summed E-state index contributed by atoms with van der Waals surface area (Å²) in [4.78, 5) is 0. The van der Waals surface area contributed by atoms with Crippen LogP contribution in [0.15, 0.2) is 36.4 Å². The van der Waals surface area contributed by atoms with Gasteiger partial charge in [0.1, 0.15) is 5.75 Å². The van der Waals surface area contributed by atoms with Gasteiger partial charge < -0.3 is 10.1 Å². The van der Waals surface area contributed by atoms with E-state index in [1.54, 1.807) is 0 Å². The number of nitrogens with one attached hydrogen (secondary N) is 1. The topological polar surface area (TPSA) is 21.3 Å². The molecule has 0 bridgehead atoms. The number of benzene rings is 2. The largest absolute Gasteiger partial charge is 0.493 e. The van der Waals surface area contributed by atoms with Crippen molar-refractivity contribution in [2.24, 2.45) is 0 Å². The van der Waals surface area contributed by atoms with Crippen LogP contribution < -0.4 is 10.1 Å². The van der Waals surface area contributed by atoms with Gasteiger partial charge in [-0.1, -0.05) is 23.7 Å². The average Bonchev–Trinajstić information content (AvgIpc) is 2.49. The number of aryl methyl sites for hydroxylation is 1. The lowest BCUT2D eigenvalue weighted by atomic mass is 9.95. The molecule has 2 aromatic carbocycles. The maximum atomic E-state index is 6.17. The van der Waals surface area contributed by atoms with Crippen LogP contribution in [0.5, 0.6) is 5.75 Å².